The molecule has 0 amide bonds. The Morgan fingerprint density at radius 2 is 1.87 bits per heavy atom. The lowest BCUT2D eigenvalue weighted by molar-refractivity contribution is 1.12. The summed E-state index contributed by atoms with van der Waals surface area (Å²) in [4.78, 5) is 4.24. The van der Waals surface area contributed by atoms with Crippen LogP contribution in [-0.2, 0) is 0 Å². The number of benzene rings is 2. The molecule has 15 heavy (non-hydrogen) atoms. The van der Waals surface area contributed by atoms with Crippen LogP contribution in [0.15, 0.2) is 47.5 Å². The van der Waals surface area contributed by atoms with E-state index in [-0.39, 0.29) is 0 Å². The van der Waals surface area contributed by atoms with Gasteiger partial charge in [-0.15, -0.1) is 0 Å². The molecule has 0 atom stereocenters. The summed E-state index contributed by atoms with van der Waals surface area (Å²) in [6, 6.07) is 14.3. The first-order chi connectivity index (χ1) is 7.33. The van der Waals surface area contributed by atoms with Crippen LogP contribution in [0.25, 0.3) is 10.8 Å². The molecule has 0 bridgehead atoms. The Bertz CT molecular complexity index is 495. The summed E-state index contributed by atoms with van der Waals surface area (Å²) in [7, 11) is 0. The third-order valence-corrected chi connectivity index (χ3v) is 2.39. The quantitative estimate of drug-likeness (QED) is 0.584. The van der Waals surface area contributed by atoms with Gasteiger partial charge in [-0.05, 0) is 17.7 Å². The van der Waals surface area contributed by atoms with Gasteiger partial charge >= 0.3 is 0 Å². The van der Waals surface area contributed by atoms with Crippen LogP contribution < -0.4 is 5.73 Å². The van der Waals surface area contributed by atoms with Crippen molar-refractivity contribution in [3.63, 3.8) is 0 Å². The van der Waals surface area contributed by atoms with E-state index in [1.807, 2.05) is 31.2 Å². The molecule has 0 fully saturated rings. The fourth-order valence-electron chi connectivity index (χ4n) is 1.70. The second kappa shape index (κ2) is 4.13. The molecule has 2 nitrogen and oxygen atoms in total. The van der Waals surface area contributed by atoms with Crippen LogP contribution in [0, 0.1) is 0 Å². The summed E-state index contributed by atoms with van der Waals surface area (Å²) in [5, 5.41) is 2.36. The summed E-state index contributed by atoms with van der Waals surface area (Å²) in [6.45, 7) is 2.70. The molecule has 2 aromatic carbocycles. The highest BCUT2D eigenvalue weighted by Gasteiger charge is 2.02. The molecule has 0 saturated carbocycles. The lowest BCUT2D eigenvalue weighted by atomic mass is 10.0. The number of amidine groups is 1. The number of nitrogens with two attached hydrogens (primary N) is 1. The summed E-state index contributed by atoms with van der Waals surface area (Å²) in [5.41, 5.74) is 6.94. The molecule has 2 heteroatoms. The average Bonchev–Trinajstić information content (AvgIpc) is 2.28. The lowest BCUT2D eigenvalue weighted by Crippen LogP contribution is -2.14. The van der Waals surface area contributed by atoms with Crippen molar-refractivity contribution in [3.05, 3.63) is 48.0 Å². The third-order valence-electron chi connectivity index (χ3n) is 2.39. The largest absolute Gasteiger partial charge is 0.383 e. The molecule has 0 spiro atoms. The molecule has 2 N–H and O–H groups in total. The predicted molar refractivity (Wildman–Crippen MR) is 65.2 cm³/mol. The number of nitrogens with zero attached hydrogens (tertiary/aromatic N) is 1. The van der Waals surface area contributed by atoms with Gasteiger partial charge in [0.2, 0.25) is 0 Å². The van der Waals surface area contributed by atoms with Gasteiger partial charge in [-0.3, -0.25) is 4.99 Å². The number of aliphatic imine (C=N–C) groups is 1. The van der Waals surface area contributed by atoms with Crippen molar-refractivity contribution in [2.45, 2.75) is 6.92 Å². The highest BCUT2D eigenvalue weighted by atomic mass is 14.8. The van der Waals surface area contributed by atoms with E-state index in [1.54, 1.807) is 0 Å². The van der Waals surface area contributed by atoms with Gasteiger partial charge in [0.05, 0.1) is 0 Å². The highest BCUT2D eigenvalue weighted by molar-refractivity contribution is 6.08. The maximum atomic E-state index is 5.92. The highest BCUT2D eigenvalue weighted by Crippen LogP contribution is 2.17. The van der Waals surface area contributed by atoms with Crippen LogP contribution in [0.1, 0.15) is 12.5 Å². The number of fused-ring (bicyclic) bond motifs is 1. The number of rotatable bonds is 2. The van der Waals surface area contributed by atoms with Crippen molar-refractivity contribution < 1.29 is 0 Å². The van der Waals surface area contributed by atoms with E-state index in [9.17, 15) is 0 Å². The van der Waals surface area contributed by atoms with Gasteiger partial charge in [0.15, 0.2) is 0 Å². The lowest BCUT2D eigenvalue weighted by Gasteiger charge is -2.05. The van der Waals surface area contributed by atoms with Gasteiger partial charge in [0.1, 0.15) is 5.84 Å². The van der Waals surface area contributed by atoms with E-state index < -0.39 is 0 Å². The molecular weight excluding hydrogens is 184 g/mol. The van der Waals surface area contributed by atoms with Crippen LogP contribution >= 0.6 is 0 Å². The topological polar surface area (TPSA) is 38.4 Å². The van der Waals surface area contributed by atoms with E-state index in [2.05, 4.69) is 23.2 Å². The van der Waals surface area contributed by atoms with Crippen molar-refractivity contribution in [2.75, 3.05) is 6.54 Å². The number of hydrogen-bond donors (Lipinski definition) is 1. The molecule has 0 aliphatic heterocycles. The maximum absolute atomic E-state index is 5.92. The fraction of sp³-hybridized carbons (Fsp3) is 0.154. The normalized spacial score (nSPS) is 11.9. The molecule has 2 rings (SSSR count). The van der Waals surface area contributed by atoms with Gasteiger partial charge in [-0.25, -0.2) is 0 Å². The van der Waals surface area contributed by atoms with Gasteiger partial charge in [0, 0.05) is 12.1 Å². The molecule has 0 aliphatic carbocycles. The Labute approximate surface area is 89.4 Å². The SMILES string of the molecule is CCN=C(N)c1cccc2ccccc12. The van der Waals surface area contributed by atoms with Crippen LogP contribution in [0.4, 0.5) is 0 Å². The second-order valence-corrected chi connectivity index (χ2v) is 3.39. The molecular formula is C13H14N2. The van der Waals surface area contributed by atoms with Crippen molar-refractivity contribution in [1.82, 2.24) is 0 Å². The minimum atomic E-state index is 0.620. The van der Waals surface area contributed by atoms with Crippen molar-refractivity contribution in [1.29, 1.82) is 0 Å². The van der Waals surface area contributed by atoms with Gasteiger partial charge in [-0.2, -0.15) is 0 Å². The van der Waals surface area contributed by atoms with Crippen molar-refractivity contribution in [2.24, 2.45) is 10.7 Å². The van der Waals surface area contributed by atoms with E-state index in [1.165, 1.54) is 5.39 Å². The molecule has 0 radical (unpaired) electrons. The molecule has 0 aliphatic rings. The summed E-state index contributed by atoms with van der Waals surface area (Å²) >= 11 is 0. The molecule has 0 heterocycles. The van der Waals surface area contributed by atoms with Crippen LogP contribution in [0.5, 0.6) is 0 Å². The zero-order chi connectivity index (χ0) is 10.7. The Morgan fingerprint density at radius 3 is 2.67 bits per heavy atom. The number of hydrogen-bond acceptors (Lipinski definition) is 1. The second-order valence-electron chi connectivity index (χ2n) is 3.39. The van der Waals surface area contributed by atoms with Gasteiger partial charge < -0.3 is 5.73 Å². The molecule has 76 valence electrons. The molecule has 2 aromatic rings. The summed E-state index contributed by atoms with van der Waals surface area (Å²) in [5.74, 6) is 0.620. The molecule has 0 saturated heterocycles. The van der Waals surface area contributed by atoms with E-state index in [4.69, 9.17) is 5.73 Å². The van der Waals surface area contributed by atoms with Crippen LogP contribution in [0.2, 0.25) is 0 Å². The van der Waals surface area contributed by atoms with Crippen molar-refractivity contribution in [3.8, 4) is 0 Å². The summed E-state index contributed by atoms with van der Waals surface area (Å²) < 4.78 is 0. The summed E-state index contributed by atoms with van der Waals surface area (Å²) in [6.07, 6.45) is 0. The Balaban J connectivity index is 2.66. The average molecular weight is 198 g/mol. The Hall–Kier alpha value is -1.83. The standard InChI is InChI=1S/C13H14N2/c1-2-15-13(14)12-9-5-7-10-6-3-4-8-11(10)12/h3-9H,2H2,1H3,(H2,14,15). The van der Waals surface area contributed by atoms with E-state index in [0.717, 1.165) is 17.5 Å². The zero-order valence-corrected chi connectivity index (χ0v) is 8.77. The van der Waals surface area contributed by atoms with Gasteiger partial charge in [0.25, 0.3) is 0 Å². The van der Waals surface area contributed by atoms with Gasteiger partial charge in [-0.1, -0.05) is 42.5 Å². The minimum absolute atomic E-state index is 0.620. The van der Waals surface area contributed by atoms with Crippen LogP contribution in [-0.4, -0.2) is 12.4 Å². The predicted octanol–water partition coefficient (Wildman–Crippen LogP) is 2.57. The van der Waals surface area contributed by atoms with E-state index in [0.29, 0.717) is 5.84 Å². The zero-order valence-electron chi connectivity index (χ0n) is 8.77. The van der Waals surface area contributed by atoms with E-state index >= 15 is 0 Å². The fourth-order valence-corrected chi connectivity index (χ4v) is 1.70. The molecule has 0 aromatic heterocycles. The van der Waals surface area contributed by atoms with Crippen LogP contribution in [0.3, 0.4) is 0 Å². The Morgan fingerprint density at radius 1 is 1.13 bits per heavy atom. The monoisotopic (exact) mass is 198 g/mol. The first-order valence-corrected chi connectivity index (χ1v) is 5.11. The maximum Gasteiger partial charge on any atom is 0.126 e. The molecule has 0 unspecified atom stereocenters. The first kappa shape index (κ1) is 9.71. The minimum Gasteiger partial charge on any atom is -0.383 e. The van der Waals surface area contributed by atoms with Crippen molar-refractivity contribution >= 4 is 16.6 Å². The first-order valence-electron chi connectivity index (χ1n) is 5.11. The Kier molecular flexibility index (Phi) is 2.68. The third kappa shape index (κ3) is 1.84. The smallest absolute Gasteiger partial charge is 0.126 e.